The maximum atomic E-state index is 12.6. The Kier molecular flexibility index (Phi) is 1.63. The van der Waals surface area contributed by atoms with Gasteiger partial charge in [0.2, 0.25) is 5.91 Å². The SMILES string of the molecule is N#CC12C(=O)N=C(N)C1(C#N)C21C(=O)Nc2ccccc21. The first-order valence-corrected chi connectivity index (χ1v) is 6.17. The first kappa shape index (κ1) is 11.6. The molecule has 1 fully saturated rings. The van der Waals surface area contributed by atoms with E-state index in [0.29, 0.717) is 11.3 Å². The van der Waals surface area contributed by atoms with Crippen molar-refractivity contribution in [1.29, 1.82) is 10.5 Å². The van der Waals surface area contributed by atoms with Crippen LogP contribution in [0.2, 0.25) is 0 Å². The maximum Gasteiger partial charge on any atom is 0.271 e. The molecule has 0 aromatic heterocycles. The molecule has 0 bridgehead atoms. The third-order valence-electron chi connectivity index (χ3n) is 4.81. The lowest BCUT2D eigenvalue weighted by Gasteiger charge is -2.14. The summed E-state index contributed by atoms with van der Waals surface area (Å²) in [6.45, 7) is 0. The quantitative estimate of drug-likeness (QED) is 0.678. The van der Waals surface area contributed by atoms with Crippen LogP contribution in [0.4, 0.5) is 5.69 Å². The van der Waals surface area contributed by atoms with E-state index in [1.807, 2.05) is 12.1 Å². The van der Waals surface area contributed by atoms with Gasteiger partial charge >= 0.3 is 0 Å². The second kappa shape index (κ2) is 2.94. The van der Waals surface area contributed by atoms with Crippen LogP contribution in [0.3, 0.4) is 0 Å². The number of amides is 2. The number of para-hydroxylation sites is 1. The lowest BCUT2D eigenvalue weighted by molar-refractivity contribution is -0.125. The van der Waals surface area contributed by atoms with E-state index in [4.69, 9.17) is 5.73 Å². The van der Waals surface area contributed by atoms with Gasteiger partial charge in [-0.05, 0) is 11.6 Å². The van der Waals surface area contributed by atoms with E-state index in [9.17, 15) is 20.1 Å². The van der Waals surface area contributed by atoms with Crippen molar-refractivity contribution in [3.8, 4) is 12.1 Å². The zero-order chi connectivity index (χ0) is 15.0. The molecule has 1 aromatic rings. The second-order valence-electron chi connectivity index (χ2n) is 5.28. The highest BCUT2D eigenvalue weighted by molar-refractivity contribution is 6.30. The normalized spacial score (nSPS) is 38.1. The van der Waals surface area contributed by atoms with Gasteiger partial charge in [-0.1, -0.05) is 18.2 Å². The smallest absolute Gasteiger partial charge is 0.271 e. The van der Waals surface area contributed by atoms with E-state index in [0.717, 1.165) is 0 Å². The van der Waals surface area contributed by atoms with Crippen LogP contribution in [0, 0.1) is 33.5 Å². The number of nitrogens with zero attached hydrogens (tertiary/aromatic N) is 3. The third kappa shape index (κ3) is 0.735. The van der Waals surface area contributed by atoms with Crippen molar-refractivity contribution in [1.82, 2.24) is 0 Å². The van der Waals surface area contributed by atoms with Crippen LogP contribution in [-0.4, -0.2) is 17.6 Å². The fraction of sp³-hybridized carbons (Fsp3) is 0.214. The van der Waals surface area contributed by atoms with Crippen LogP contribution in [0.15, 0.2) is 29.3 Å². The summed E-state index contributed by atoms with van der Waals surface area (Å²) in [4.78, 5) is 28.4. The van der Waals surface area contributed by atoms with Gasteiger partial charge in [0, 0.05) is 5.69 Å². The standard InChI is InChI=1S/C14H7N5O2/c15-5-12-9(17)19-10(20)13(12,6-16)14(12)7-3-1-2-4-8(7)18-11(14)21/h1-4H,(H,18,21)(H2,17,19,20). The Morgan fingerprint density at radius 3 is 2.43 bits per heavy atom. The Morgan fingerprint density at radius 2 is 1.81 bits per heavy atom. The predicted molar refractivity (Wildman–Crippen MR) is 69.5 cm³/mol. The maximum absolute atomic E-state index is 12.6. The van der Waals surface area contributed by atoms with E-state index in [2.05, 4.69) is 10.3 Å². The van der Waals surface area contributed by atoms with Gasteiger partial charge in [0.05, 0.1) is 12.1 Å². The summed E-state index contributed by atoms with van der Waals surface area (Å²) in [5.74, 6) is -1.64. The van der Waals surface area contributed by atoms with Crippen LogP contribution in [0.1, 0.15) is 5.56 Å². The van der Waals surface area contributed by atoms with E-state index < -0.39 is 28.1 Å². The number of hydrogen-bond acceptors (Lipinski definition) is 5. The van der Waals surface area contributed by atoms with E-state index in [1.165, 1.54) is 0 Å². The van der Waals surface area contributed by atoms with Gasteiger partial charge < -0.3 is 11.1 Å². The summed E-state index contributed by atoms with van der Waals surface area (Å²) in [5.41, 5.74) is 1.52. The number of fused-ring (bicyclic) bond motifs is 5. The summed E-state index contributed by atoms with van der Waals surface area (Å²) in [6, 6.07) is 10.5. The molecule has 1 saturated carbocycles. The van der Waals surface area contributed by atoms with Gasteiger partial charge in [-0.15, -0.1) is 0 Å². The summed E-state index contributed by atoms with van der Waals surface area (Å²) < 4.78 is 0. The number of anilines is 1. The lowest BCUT2D eigenvalue weighted by Crippen LogP contribution is -2.36. The number of carbonyl (C=O) groups is 2. The Morgan fingerprint density at radius 1 is 1.14 bits per heavy atom. The van der Waals surface area contributed by atoms with Crippen LogP contribution in [-0.2, 0) is 15.0 Å². The number of nitriles is 2. The van der Waals surface area contributed by atoms with Crippen molar-refractivity contribution in [2.45, 2.75) is 5.41 Å². The van der Waals surface area contributed by atoms with Gasteiger partial charge in [-0.25, -0.2) is 0 Å². The molecule has 100 valence electrons. The molecule has 7 heteroatoms. The minimum Gasteiger partial charge on any atom is -0.386 e. The fourth-order valence-electron chi connectivity index (χ4n) is 3.99. The largest absolute Gasteiger partial charge is 0.386 e. The third-order valence-corrected chi connectivity index (χ3v) is 4.81. The van der Waals surface area contributed by atoms with Gasteiger partial charge in [-0.3, -0.25) is 9.59 Å². The van der Waals surface area contributed by atoms with Crippen molar-refractivity contribution in [3.63, 3.8) is 0 Å². The minimum absolute atomic E-state index is 0.261. The summed E-state index contributed by atoms with van der Waals surface area (Å²) in [7, 11) is 0. The number of nitrogens with one attached hydrogen (secondary N) is 1. The molecule has 0 radical (unpaired) electrons. The van der Waals surface area contributed by atoms with Gasteiger partial charge in [0.25, 0.3) is 5.91 Å². The Labute approximate surface area is 118 Å². The topological polar surface area (TPSA) is 132 Å². The van der Waals surface area contributed by atoms with Crippen LogP contribution >= 0.6 is 0 Å². The Bertz CT molecular complexity index is 876. The Balaban J connectivity index is 2.15. The molecular weight excluding hydrogens is 270 g/mol. The average molecular weight is 277 g/mol. The average Bonchev–Trinajstić information content (AvgIpc) is 2.82. The first-order valence-electron chi connectivity index (χ1n) is 6.17. The van der Waals surface area contributed by atoms with Crippen LogP contribution < -0.4 is 11.1 Å². The number of hydrogen-bond donors (Lipinski definition) is 2. The molecule has 2 heterocycles. The Hall–Kier alpha value is -3.19. The molecule has 4 rings (SSSR count). The number of nitrogens with two attached hydrogens (primary N) is 1. The molecular formula is C14H7N5O2. The van der Waals surface area contributed by atoms with Crippen molar-refractivity contribution in [3.05, 3.63) is 29.8 Å². The number of amidine groups is 1. The summed E-state index contributed by atoms with van der Waals surface area (Å²) in [6.07, 6.45) is 0. The van der Waals surface area contributed by atoms with Crippen molar-refractivity contribution >= 4 is 23.3 Å². The highest BCUT2D eigenvalue weighted by Crippen LogP contribution is 2.82. The van der Waals surface area contributed by atoms with Crippen molar-refractivity contribution in [2.75, 3.05) is 5.32 Å². The highest BCUT2D eigenvalue weighted by atomic mass is 16.2. The molecule has 1 aliphatic carbocycles. The lowest BCUT2D eigenvalue weighted by atomic mass is 9.85. The van der Waals surface area contributed by atoms with Crippen molar-refractivity contribution < 1.29 is 9.59 Å². The molecule has 3 unspecified atom stereocenters. The van der Waals surface area contributed by atoms with Crippen molar-refractivity contribution in [2.24, 2.45) is 21.6 Å². The monoisotopic (exact) mass is 277 g/mol. The molecule has 2 amide bonds. The summed E-state index contributed by atoms with van der Waals surface area (Å²) in [5, 5.41) is 21.9. The molecule has 7 nitrogen and oxygen atoms in total. The number of benzene rings is 1. The molecule has 0 saturated heterocycles. The van der Waals surface area contributed by atoms with E-state index >= 15 is 0 Å². The predicted octanol–water partition coefficient (Wildman–Crippen LogP) is -0.193. The van der Waals surface area contributed by atoms with E-state index in [1.54, 1.807) is 24.3 Å². The second-order valence-corrected chi connectivity index (χ2v) is 5.28. The number of carbonyl (C=O) groups excluding carboxylic acids is 2. The molecule has 3 atom stereocenters. The van der Waals surface area contributed by atoms with Gasteiger partial charge in [-0.2, -0.15) is 15.5 Å². The summed E-state index contributed by atoms with van der Waals surface area (Å²) >= 11 is 0. The van der Waals surface area contributed by atoms with Gasteiger partial charge in [0.15, 0.2) is 10.8 Å². The first-order chi connectivity index (χ1) is 10.0. The zero-order valence-electron chi connectivity index (χ0n) is 10.5. The number of aliphatic imine (C=N–C) groups is 1. The molecule has 3 aliphatic rings. The van der Waals surface area contributed by atoms with Crippen LogP contribution in [0.5, 0.6) is 0 Å². The molecule has 2 aliphatic heterocycles. The molecule has 1 aromatic carbocycles. The van der Waals surface area contributed by atoms with E-state index in [-0.39, 0.29) is 5.84 Å². The molecule has 21 heavy (non-hydrogen) atoms. The zero-order valence-corrected chi connectivity index (χ0v) is 10.5. The number of rotatable bonds is 0. The molecule has 3 N–H and O–H groups in total. The molecule has 1 spiro atoms. The van der Waals surface area contributed by atoms with Crippen LogP contribution in [0.25, 0.3) is 0 Å². The highest BCUT2D eigenvalue weighted by Gasteiger charge is 3.01. The minimum atomic E-state index is -1.87. The fourth-order valence-corrected chi connectivity index (χ4v) is 3.99. The van der Waals surface area contributed by atoms with Gasteiger partial charge in [0.1, 0.15) is 11.3 Å².